The summed E-state index contributed by atoms with van der Waals surface area (Å²) in [5.74, 6) is -0.741. The number of carbonyl (C=O) groups is 3. The van der Waals surface area contributed by atoms with E-state index in [1.54, 1.807) is 0 Å². The average molecular weight is 372 g/mol. The Hall–Kier alpha value is -3.47. The molecular weight excluding hydrogens is 356 g/mol. The Kier molecular flexibility index (Phi) is 3.15. The Labute approximate surface area is 160 Å². The van der Waals surface area contributed by atoms with Crippen LogP contribution in [-0.2, 0) is 14.9 Å². The largest absolute Gasteiger partial charge is 0.428 e. The molecule has 0 saturated heterocycles. The Balaban J connectivity index is 2.00. The van der Waals surface area contributed by atoms with Gasteiger partial charge in [-0.2, -0.15) is 0 Å². The smallest absolute Gasteiger partial charge is 0.347 e. The summed E-state index contributed by atoms with van der Waals surface area (Å²) in [5, 5.41) is 1.63. The van der Waals surface area contributed by atoms with Crippen LogP contribution in [0.2, 0.25) is 0 Å². The fourth-order valence-corrected chi connectivity index (χ4v) is 4.62. The van der Waals surface area contributed by atoms with E-state index in [2.05, 4.69) is 13.8 Å². The molecular formula is C23H16O5. The molecule has 2 aliphatic rings. The van der Waals surface area contributed by atoms with Gasteiger partial charge >= 0.3 is 11.9 Å². The number of hydrogen-bond donors (Lipinski definition) is 0. The number of carbonyl (C=O) groups excluding carboxylic acids is 3. The number of rotatable bonds is 2. The van der Waals surface area contributed by atoms with Crippen LogP contribution in [0.25, 0.3) is 21.9 Å². The minimum atomic E-state index is -0.610. The van der Waals surface area contributed by atoms with Gasteiger partial charge in [-0.05, 0) is 40.6 Å². The van der Waals surface area contributed by atoms with Gasteiger partial charge in [0.25, 0.3) is 6.47 Å². The molecule has 5 heteroatoms. The molecule has 0 fully saturated rings. The highest BCUT2D eigenvalue weighted by Gasteiger charge is 2.45. The third-order valence-corrected chi connectivity index (χ3v) is 5.90. The van der Waals surface area contributed by atoms with E-state index in [9.17, 15) is 14.4 Å². The van der Waals surface area contributed by atoms with Crippen LogP contribution in [0.5, 0.6) is 5.75 Å². The summed E-state index contributed by atoms with van der Waals surface area (Å²) in [7, 11) is 0. The predicted octanol–water partition coefficient (Wildman–Crippen LogP) is 4.30. The van der Waals surface area contributed by atoms with Crippen LogP contribution in [0.15, 0.2) is 36.4 Å². The maximum Gasteiger partial charge on any atom is 0.347 e. The fraction of sp³-hybridized carbons (Fsp3) is 0.174. The third-order valence-electron chi connectivity index (χ3n) is 5.90. The topological polar surface area (TPSA) is 69.7 Å². The molecule has 0 radical (unpaired) electrons. The standard InChI is InChI=1S/C23H16O5/c1-11-8-14-19(20-17(11)21(25)28-22(20)26)18-13-7-5-4-6-12(13)16(27-10-24)9-15(18)23(14,2)3/h4-10H,1-3H3. The van der Waals surface area contributed by atoms with Gasteiger partial charge < -0.3 is 9.47 Å². The van der Waals surface area contributed by atoms with Crippen molar-refractivity contribution in [1.82, 2.24) is 0 Å². The molecule has 3 aromatic carbocycles. The normalized spacial score (nSPS) is 15.8. The van der Waals surface area contributed by atoms with Gasteiger partial charge in [-0.1, -0.05) is 44.2 Å². The van der Waals surface area contributed by atoms with Gasteiger partial charge in [0.15, 0.2) is 0 Å². The van der Waals surface area contributed by atoms with Crippen molar-refractivity contribution < 1.29 is 23.9 Å². The molecule has 0 atom stereocenters. The van der Waals surface area contributed by atoms with Crippen molar-refractivity contribution in [2.45, 2.75) is 26.2 Å². The highest BCUT2D eigenvalue weighted by molar-refractivity contribution is 6.21. The van der Waals surface area contributed by atoms with E-state index in [1.807, 2.05) is 43.3 Å². The molecule has 0 N–H and O–H groups in total. The van der Waals surface area contributed by atoms with Gasteiger partial charge in [0.2, 0.25) is 0 Å². The van der Waals surface area contributed by atoms with Crippen LogP contribution >= 0.6 is 0 Å². The highest BCUT2D eigenvalue weighted by Crippen LogP contribution is 2.55. The summed E-state index contributed by atoms with van der Waals surface area (Å²) in [6.45, 7) is 6.36. The summed E-state index contributed by atoms with van der Waals surface area (Å²) in [5.41, 5.74) is 4.48. The highest BCUT2D eigenvalue weighted by atomic mass is 16.6. The maximum atomic E-state index is 12.6. The van der Waals surface area contributed by atoms with E-state index in [0.717, 1.165) is 38.6 Å². The number of benzene rings is 3. The van der Waals surface area contributed by atoms with Crippen molar-refractivity contribution in [3.05, 3.63) is 64.2 Å². The third kappa shape index (κ3) is 1.88. The lowest BCUT2D eigenvalue weighted by Gasteiger charge is -2.22. The van der Waals surface area contributed by atoms with E-state index in [-0.39, 0.29) is 0 Å². The molecule has 5 nitrogen and oxygen atoms in total. The Morgan fingerprint density at radius 3 is 2.25 bits per heavy atom. The van der Waals surface area contributed by atoms with E-state index in [0.29, 0.717) is 23.3 Å². The van der Waals surface area contributed by atoms with Crippen molar-refractivity contribution in [3.8, 4) is 16.9 Å². The first-order chi connectivity index (χ1) is 13.4. The first-order valence-corrected chi connectivity index (χ1v) is 8.97. The average Bonchev–Trinajstić information content (AvgIpc) is 3.08. The second-order valence-corrected chi connectivity index (χ2v) is 7.72. The van der Waals surface area contributed by atoms with Gasteiger partial charge in [-0.3, -0.25) is 4.79 Å². The summed E-state index contributed by atoms with van der Waals surface area (Å²) in [6, 6.07) is 11.4. The van der Waals surface area contributed by atoms with Crippen LogP contribution in [0, 0.1) is 6.92 Å². The van der Waals surface area contributed by atoms with E-state index in [1.165, 1.54) is 0 Å². The zero-order valence-electron chi connectivity index (χ0n) is 15.6. The molecule has 3 aromatic rings. The van der Waals surface area contributed by atoms with Crippen LogP contribution in [0.1, 0.15) is 51.3 Å². The molecule has 0 saturated carbocycles. The molecule has 0 bridgehead atoms. The number of hydrogen-bond acceptors (Lipinski definition) is 5. The monoisotopic (exact) mass is 372 g/mol. The molecule has 0 aromatic heterocycles. The van der Waals surface area contributed by atoms with Gasteiger partial charge in [0.1, 0.15) is 5.75 Å². The van der Waals surface area contributed by atoms with Crippen molar-refractivity contribution in [2.24, 2.45) is 0 Å². The predicted molar refractivity (Wildman–Crippen MR) is 103 cm³/mol. The summed E-state index contributed by atoms with van der Waals surface area (Å²) < 4.78 is 10.2. The molecule has 1 heterocycles. The first kappa shape index (κ1) is 16.7. The van der Waals surface area contributed by atoms with Gasteiger partial charge in [-0.25, -0.2) is 9.59 Å². The minimum absolute atomic E-state index is 0.334. The van der Waals surface area contributed by atoms with Crippen LogP contribution < -0.4 is 4.74 Å². The molecule has 0 amide bonds. The van der Waals surface area contributed by atoms with Crippen LogP contribution in [0.4, 0.5) is 0 Å². The minimum Gasteiger partial charge on any atom is -0.428 e. The van der Waals surface area contributed by atoms with Crippen molar-refractivity contribution in [2.75, 3.05) is 0 Å². The maximum absolute atomic E-state index is 12.6. The van der Waals surface area contributed by atoms with Gasteiger partial charge in [-0.15, -0.1) is 0 Å². The second-order valence-electron chi connectivity index (χ2n) is 7.72. The number of ether oxygens (including phenoxy) is 2. The van der Waals surface area contributed by atoms with Crippen LogP contribution in [0.3, 0.4) is 0 Å². The molecule has 138 valence electrons. The van der Waals surface area contributed by atoms with E-state index < -0.39 is 17.4 Å². The Morgan fingerprint density at radius 1 is 0.893 bits per heavy atom. The molecule has 28 heavy (non-hydrogen) atoms. The number of aryl methyl sites for hydroxylation is 1. The van der Waals surface area contributed by atoms with Crippen LogP contribution in [-0.4, -0.2) is 18.4 Å². The second kappa shape index (κ2) is 5.29. The molecule has 1 aliphatic heterocycles. The number of fused-ring (bicyclic) bond motifs is 7. The molecule has 0 spiro atoms. The van der Waals surface area contributed by atoms with Gasteiger partial charge in [0, 0.05) is 16.4 Å². The molecule has 1 aliphatic carbocycles. The lowest BCUT2D eigenvalue weighted by molar-refractivity contribution is -0.120. The van der Waals surface area contributed by atoms with E-state index >= 15 is 0 Å². The first-order valence-electron chi connectivity index (χ1n) is 8.97. The Bertz CT molecular complexity index is 1250. The number of cyclic esters (lactones) is 2. The summed E-state index contributed by atoms with van der Waals surface area (Å²) in [6.07, 6.45) is 0. The summed E-state index contributed by atoms with van der Waals surface area (Å²) >= 11 is 0. The lowest BCUT2D eigenvalue weighted by Crippen LogP contribution is -2.16. The summed E-state index contributed by atoms with van der Waals surface area (Å²) in [4.78, 5) is 35.9. The fourth-order valence-electron chi connectivity index (χ4n) is 4.62. The Morgan fingerprint density at radius 2 is 1.54 bits per heavy atom. The zero-order valence-corrected chi connectivity index (χ0v) is 15.6. The van der Waals surface area contributed by atoms with Crippen molar-refractivity contribution >= 4 is 29.2 Å². The lowest BCUT2D eigenvalue weighted by atomic mass is 9.80. The zero-order chi connectivity index (χ0) is 19.8. The molecule has 0 unspecified atom stereocenters. The van der Waals surface area contributed by atoms with Gasteiger partial charge in [0.05, 0.1) is 11.1 Å². The number of esters is 2. The quantitative estimate of drug-likeness (QED) is 0.381. The van der Waals surface area contributed by atoms with Crippen molar-refractivity contribution in [1.29, 1.82) is 0 Å². The van der Waals surface area contributed by atoms with E-state index in [4.69, 9.17) is 9.47 Å². The van der Waals surface area contributed by atoms with Crippen molar-refractivity contribution in [3.63, 3.8) is 0 Å². The molecule has 5 rings (SSSR count). The SMILES string of the molecule is Cc1cc2c(c3c1C(=O)OC3=O)-c1c(cc(OC=O)c3ccccc13)C2(C)C.